The Labute approximate surface area is 271 Å². The van der Waals surface area contributed by atoms with Crippen molar-refractivity contribution in [3.8, 4) is 11.4 Å². The third-order valence-electron chi connectivity index (χ3n) is 9.83. The number of fused-ring (bicyclic) bond motifs is 6. The van der Waals surface area contributed by atoms with Gasteiger partial charge in [-0.1, -0.05) is 113 Å². The van der Waals surface area contributed by atoms with E-state index in [-0.39, 0.29) is 10.8 Å². The maximum absolute atomic E-state index is 2.44. The van der Waals surface area contributed by atoms with Crippen LogP contribution in [0.25, 0.3) is 55.0 Å². The summed E-state index contributed by atoms with van der Waals surface area (Å²) in [7, 11) is 0. The van der Waals surface area contributed by atoms with Crippen molar-refractivity contribution < 1.29 is 0 Å². The summed E-state index contributed by atoms with van der Waals surface area (Å²) >= 11 is 0. The van der Waals surface area contributed by atoms with Crippen LogP contribution in [0.1, 0.15) is 51.3 Å². The summed E-state index contributed by atoms with van der Waals surface area (Å²) in [5, 5.41) is 5.22. The van der Waals surface area contributed by atoms with E-state index in [0.717, 1.165) is 6.42 Å². The molecule has 0 N–H and O–H groups in total. The minimum atomic E-state index is -0.0605. The minimum Gasteiger partial charge on any atom is -0.309 e. The summed E-state index contributed by atoms with van der Waals surface area (Å²) in [6.45, 7) is 11.6. The molecule has 0 saturated heterocycles. The second-order valence-electron chi connectivity index (χ2n) is 14.5. The first-order valence-electron chi connectivity index (χ1n) is 16.4. The molecular weight excluding hydrogens is 556 g/mol. The molecule has 8 rings (SSSR count). The molecule has 0 spiro atoms. The van der Waals surface area contributed by atoms with Gasteiger partial charge < -0.3 is 9.13 Å². The second-order valence-corrected chi connectivity index (χ2v) is 14.5. The minimum absolute atomic E-state index is 0.0605. The van der Waals surface area contributed by atoms with E-state index < -0.39 is 0 Å². The lowest BCUT2D eigenvalue weighted by Crippen LogP contribution is -2.20. The molecule has 2 aromatic heterocycles. The summed E-state index contributed by atoms with van der Waals surface area (Å²) in [5.74, 6) is 0. The zero-order chi connectivity index (χ0) is 31.6. The lowest BCUT2D eigenvalue weighted by atomic mass is 9.78. The Morgan fingerprint density at radius 1 is 0.413 bits per heavy atom. The SMILES string of the molecule is CC(C)(C)c1ccc2c3cc(CC(C)(C)c4ccc5c(c4)c4ccccc4n5-c4ccccc4)ccc3n(-c3ccccc3)c2c1. The lowest BCUT2D eigenvalue weighted by Gasteiger charge is -2.26. The van der Waals surface area contributed by atoms with Gasteiger partial charge in [0.05, 0.1) is 22.1 Å². The topological polar surface area (TPSA) is 9.86 Å². The van der Waals surface area contributed by atoms with Gasteiger partial charge in [0.2, 0.25) is 0 Å². The molecule has 0 aliphatic heterocycles. The van der Waals surface area contributed by atoms with Crippen LogP contribution in [0.15, 0.2) is 140 Å². The molecule has 2 nitrogen and oxygen atoms in total. The summed E-state index contributed by atoms with van der Waals surface area (Å²) in [6, 6.07) is 51.5. The van der Waals surface area contributed by atoms with Crippen LogP contribution in [-0.2, 0) is 17.3 Å². The molecule has 0 unspecified atom stereocenters. The summed E-state index contributed by atoms with van der Waals surface area (Å²) in [6.07, 6.45) is 0.948. The number of hydrogen-bond acceptors (Lipinski definition) is 0. The van der Waals surface area contributed by atoms with E-state index >= 15 is 0 Å². The molecule has 0 aliphatic carbocycles. The molecule has 0 atom stereocenters. The first-order valence-corrected chi connectivity index (χ1v) is 16.4. The van der Waals surface area contributed by atoms with Gasteiger partial charge in [0.1, 0.15) is 0 Å². The maximum Gasteiger partial charge on any atom is 0.0544 e. The molecule has 46 heavy (non-hydrogen) atoms. The van der Waals surface area contributed by atoms with Crippen LogP contribution in [0, 0.1) is 0 Å². The van der Waals surface area contributed by atoms with Crippen LogP contribution in [0.4, 0.5) is 0 Å². The fourth-order valence-corrected chi connectivity index (χ4v) is 7.36. The third kappa shape index (κ3) is 4.63. The van der Waals surface area contributed by atoms with E-state index in [0.29, 0.717) is 0 Å². The Hall–Kier alpha value is -5.08. The van der Waals surface area contributed by atoms with Crippen LogP contribution in [0.3, 0.4) is 0 Å². The molecule has 6 aromatic carbocycles. The van der Waals surface area contributed by atoms with Crippen molar-refractivity contribution in [1.82, 2.24) is 9.13 Å². The predicted octanol–water partition coefficient (Wildman–Crippen LogP) is 11.7. The van der Waals surface area contributed by atoms with Crippen molar-refractivity contribution in [2.45, 2.75) is 51.9 Å². The number of nitrogens with zero attached hydrogens (tertiary/aromatic N) is 2. The Bertz CT molecular complexity index is 2380. The van der Waals surface area contributed by atoms with Crippen molar-refractivity contribution in [2.24, 2.45) is 0 Å². The molecule has 0 aliphatic rings. The number of hydrogen-bond donors (Lipinski definition) is 0. The maximum atomic E-state index is 2.44. The zero-order valence-electron chi connectivity index (χ0n) is 27.4. The molecular formula is C44H40N2. The molecule has 8 aromatic rings. The van der Waals surface area contributed by atoms with Crippen LogP contribution >= 0.6 is 0 Å². The number of para-hydroxylation sites is 3. The first kappa shape index (κ1) is 28.4. The quantitative estimate of drug-likeness (QED) is 0.187. The molecule has 0 fully saturated rings. The highest BCUT2D eigenvalue weighted by Crippen LogP contribution is 2.39. The van der Waals surface area contributed by atoms with Gasteiger partial charge in [0, 0.05) is 32.9 Å². The second kappa shape index (κ2) is 10.5. The Kier molecular flexibility index (Phi) is 6.48. The molecule has 0 saturated carbocycles. The largest absolute Gasteiger partial charge is 0.309 e. The third-order valence-corrected chi connectivity index (χ3v) is 9.83. The number of aromatic nitrogens is 2. The highest BCUT2D eigenvalue weighted by molar-refractivity contribution is 6.10. The van der Waals surface area contributed by atoms with Gasteiger partial charge in [-0.05, 0) is 94.6 Å². The van der Waals surface area contributed by atoms with Crippen LogP contribution in [0.5, 0.6) is 0 Å². The van der Waals surface area contributed by atoms with Gasteiger partial charge in [0.15, 0.2) is 0 Å². The standard InChI is InChI=1S/C44H40N2/c1-43(2,3)31-21-23-36-37-26-30(20-24-40(37)46(42(36)28-31)34-16-10-7-11-17-34)29-44(4,5)32-22-25-41-38(27-32)35-18-12-13-19-39(35)45(41)33-14-8-6-9-15-33/h6-28H,29H2,1-5H3. The van der Waals surface area contributed by atoms with Crippen molar-refractivity contribution in [2.75, 3.05) is 0 Å². The molecule has 226 valence electrons. The van der Waals surface area contributed by atoms with Gasteiger partial charge >= 0.3 is 0 Å². The summed E-state index contributed by atoms with van der Waals surface area (Å²) < 4.78 is 4.83. The van der Waals surface area contributed by atoms with Crippen molar-refractivity contribution in [1.29, 1.82) is 0 Å². The van der Waals surface area contributed by atoms with Crippen molar-refractivity contribution in [3.05, 3.63) is 156 Å². The molecule has 2 heteroatoms. The Morgan fingerprint density at radius 3 is 1.61 bits per heavy atom. The summed E-state index contributed by atoms with van der Waals surface area (Å²) in [4.78, 5) is 0. The van der Waals surface area contributed by atoms with E-state index in [4.69, 9.17) is 0 Å². The number of rotatable bonds is 5. The van der Waals surface area contributed by atoms with Crippen LogP contribution in [-0.4, -0.2) is 9.13 Å². The number of benzene rings is 6. The van der Waals surface area contributed by atoms with E-state index in [1.165, 1.54) is 71.7 Å². The van der Waals surface area contributed by atoms with Gasteiger partial charge in [-0.25, -0.2) is 0 Å². The Morgan fingerprint density at radius 2 is 0.935 bits per heavy atom. The van der Waals surface area contributed by atoms with Gasteiger partial charge in [0.25, 0.3) is 0 Å². The van der Waals surface area contributed by atoms with Crippen molar-refractivity contribution in [3.63, 3.8) is 0 Å². The van der Waals surface area contributed by atoms with E-state index in [1.54, 1.807) is 0 Å². The molecule has 0 bridgehead atoms. The highest BCUT2D eigenvalue weighted by atomic mass is 15.0. The Balaban J connectivity index is 1.23. The van der Waals surface area contributed by atoms with Gasteiger partial charge in [-0.2, -0.15) is 0 Å². The van der Waals surface area contributed by atoms with E-state index in [9.17, 15) is 0 Å². The average molecular weight is 597 g/mol. The molecule has 2 heterocycles. The van der Waals surface area contributed by atoms with Crippen molar-refractivity contribution >= 4 is 43.6 Å². The van der Waals surface area contributed by atoms with Crippen LogP contribution < -0.4 is 0 Å². The van der Waals surface area contributed by atoms with Gasteiger partial charge in [-0.15, -0.1) is 0 Å². The fraction of sp³-hybridized carbons (Fsp3) is 0.182. The molecule has 0 amide bonds. The molecule has 0 radical (unpaired) electrons. The normalized spacial score (nSPS) is 12.5. The van der Waals surface area contributed by atoms with E-state index in [1.807, 2.05) is 0 Å². The zero-order valence-corrected chi connectivity index (χ0v) is 27.4. The first-order chi connectivity index (χ1) is 22.2. The van der Waals surface area contributed by atoms with Crippen LogP contribution in [0.2, 0.25) is 0 Å². The lowest BCUT2D eigenvalue weighted by molar-refractivity contribution is 0.523. The monoisotopic (exact) mass is 596 g/mol. The summed E-state index contributed by atoms with van der Waals surface area (Å²) in [5.41, 5.74) is 11.5. The fourth-order valence-electron chi connectivity index (χ4n) is 7.36. The average Bonchev–Trinajstić information content (AvgIpc) is 3.57. The highest BCUT2D eigenvalue weighted by Gasteiger charge is 2.24. The van der Waals surface area contributed by atoms with E-state index in [2.05, 4.69) is 183 Å². The predicted molar refractivity (Wildman–Crippen MR) is 197 cm³/mol. The van der Waals surface area contributed by atoms with Gasteiger partial charge in [-0.3, -0.25) is 0 Å². The smallest absolute Gasteiger partial charge is 0.0544 e.